The molecule has 1 atom stereocenters. The van der Waals surface area contributed by atoms with Gasteiger partial charge in [0.05, 0.1) is 22.1 Å². The Morgan fingerprint density at radius 1 is 1.21 bits per heavy atom. The van der Waals surface area contributed by atoms with Crippen molar-refractivity contribution in [2.24, 2.45) is 5.73 Å². The number of carbonyl (C=O) groups excluding carboxylic acids is 3. The van der Waals surface area contributed by atoms with E-state index in [9.17, 15) is 14.4 Å². The second-order valence-electron chi connectivity index (χ2n) is 6.13. The normalized spacial score (nSPS) is 12.0. The molecule has 0 aliphatic carbocycles. The van der Waals surface area contributed by atoms with Gasteiger partial charge in [0, 0.05) is 30.4 Å². The zero-order valence-electron chi connectivity index (χ0n) is 14.8. The molecule has 9 nitrogen and oxygen atoms in total. The van der Waals surface area contributed by atoms with Crippen molar-refractivity contribution in [1.82, 2.24) is 24.0 Å². The molecule has 2 amide bonds. The van der Waals surface area contributed by atoms with Gasteiger partial charge in [0.2, 0.25) is 5.78 Å². The van der Waals surface area contributed by atoms with Gasteiger partial charge >= 0.3 is 0 Å². The topological polar surface area (TPSA) is 144 Å². The van der Waals surface area contributed by atoms with Crippen molar-refractivity contribution in [3.8, 4) is 11.4 Å². The largest absolute Gasteiger partial charge is 0.366 e. The van der Waals surface area contributed by atoms with E-state index in [2.05, 4.69) is 24.0 Å². The first kappa shape index (κ1) is 18.9. The van der Waals surface area contributed by atoms with Crippen LogP contribution in [0.2, 0.25) is 0 Å². The number of pyridine rings is 1. The predicted molar refractivity (Wildman–Crippen MR) is 108 cm³/mol. The smallest absolute Gasteiger partial charge is 0.287 e. The molecule has 4 aromatic heterocycles. The molecule has 146 valence electrons. The number of Topliss-reactive ketones (excluding diaryl/α,β-unsaturated/α-hetero) is 1. The van der Waals surface area contributed by atoms with Crippen LogP contribution >= 0.6 is 23.1 Å². The summed E-state index contributed by atoms with van der Waals surface area (Å²) in [6.07, 6.45) is 5.35. The highest BCUT2D eigenvalue weighted by Crippen LogP contribution is 2.27. The second kappa shape index (κ2) is 7.89. The fraction of sp³-hybridized carbons (Fsp3) is 0.111. The minimum atomic E-state index is -1.12. The van der Waals surface area contributed by atoms with Gasteiger partial charge in [-0.3, -0.25) is 19.4 Å². The van der Waals surface area contributed by atoms with E-state index in [1.54, 1.807) is 30.6 Å². The van der Waals surface area contributed by atoms with Crippen LogP contribution in [0.4, 0.5) is 0 Å². The summed E-state index contributed by atoms with van der Waals surface area (Å²) in [4.78, 5) is 43.9. The lowest BCUT2D eigenvalue weighted by molar-refractivity contribution is -0.137. The van der Waals surface area contributed by atoms with Crippen LogP contribution in [0, 0.1) is 0 Å². The number of nitrogens with zero attached hydrogens (tertiary/aromatic N) is 3. The van der Waals surface area contributed by atoms with Gasteiger partial charge in [0.25, 0.3) is 11.8 Å². The summed E-state index contributed by atoms with van der Waals surface area (Å²) in [7, 11) is 0. The number of ketones is 1. The van der Waals surface area contributed by atoms with E-state index in [-0.39, 0.29) is 12.1 Å². The Balaban J connectivity index is 1.61. The van der Waals surface area contributed by atoms with E-state index in [4.69, 9.17) is 5.73 Å². The summed E-state index contributed by atoms with van der Waals surface area (Å²) in [6, 6.07) is 4.09. The highest BCUT2D eigenvalue weighted by Gasteiger charge is 2.29. The first-order chi connectivity index (χ1) is 14.0. The van der Waals surface area contributed by atoms with Crippen molar-refractivity contribution in [3.63, 3.8) is 0 Å². The van der Waals surface area contributed by atoms with Gasteiger partial charge in [-0.2, -0.15) is 8.75 Å². The number of thiophene rings is 1. The van der Waals surface area contributed by atoms with Crippen molar-refractivity contribution >= 4 is 50.7 Å². The number of nitrogens with two attached hydrogens (primary N) is 1. The maximum absolute atomic E-state index is 12.8. The molecule has 0 saturated carbocycles. The molecule has 0 saturated heterocycles. The van der Waals surface area contributed by atoms with Crippen molar-refractivity contribution in [2.45, 2.75) is 12.5 Å². The lowest BCUT2D eigenvalue weighted by Crippen LogP contribution is -2.47. The van der Waals surface area contributed by atoms with Gasteiger partial charge in [-0.1, -0.05) is 6.07 Å². The van der Waals surface area contributed by atoms with E-state index in [0.29, 0.717) is 11.4 Å². The summed E-state index contributed by atoms with van der Waals surface area (Å²) in [5.41, 5.74) is 6.85. The van der Waals surface area contributed by atoms with Gasteiger partial charge in [0.1, 0.15) is 11.7 Å². The summed E-state index contributed by atoms with van der Waals surface area (Å²) in [5.74, 6) is -2.62. The molecule has 11 heteroatoms. The standard InChI is InChI=1S/C18H14N6O3S2/c19-17(26)16(25)12(5-9-8-28-13-7-20-6-10(9)13)22-18(27)15-14(23-29-24-15)11-3-1-2-4-21-11/h1-4,6-8,12,20H,5H2,(H2,19,26)(H,22,27). The number of primary amides is 1. The van der Waals surface area contributed by atoms with Crippen LogP contribution in [0.5, 0.6) is 0 Å². The SMILES string of the molecule is NC(=O)C(=O)C(Cc1csc2c[nH]cc12)NC(=O)c1nsnc1-c1ccccn1. The average Bonchev–Trinajstić information content (AvgIpc) is 3.45. The quantitative estimate of drug-likeness (QED) is 0.382. The lowest BCUT2D eigenvalue weighted by Gasteiger charge is -2.15. The maximum Gasteiger partial charge on any atom is 0.287 e. The first-order valence-corrected chi connectivity index (χ1v) is 10.1. The van der Waals surface area contributed by atoms with E-state index in [1.165, 1.54) is 11.3 Å². The number of aromatic amines is 1. The van der Waals surface area contributed by atoms with Crippen molar-refractivity contribution in [3.05, 3.63) is 53.4 Å². The molecule has 0 spiro atoms. The second-order valence-corrected chi connectivity index (χ2v) is 7.57. The summed E-state index contributed by atoms with van der Waals surface area (Å²) < 4.78 is 9.18. The highest BCUT2D eigenvalue weighted by atomic mass is 32.1. The van der Waals surface area contributed by atoms with E-state index >= 15 is 0 Å². The Morgan fingerprint density at radius 2 is 2.07 bits per heavy atom. The van der Waals surface area contributed by atoms with E-state index in [0.717, 1.165) is 27.4 Å². The van der Waals surface area contributed by atoms with E-state index < -0.39 is 23.6 Å². The molecule has 0 aliphatic rings. The molecular formula is C18H14N6O3S2. The van der Waals surface area contributed by atoms with Gasteiger partial charge in [-0.05, 0) is 23.1 Å². The summed E-state index contributed by atoms with van der Waals surface area (Å²) in [5, 5.41) is 5.40. The number of H-pyrrole nitrogens is 1. The molecule has 29 heavy (non-hydrogen) atoms. The minimum absolute atomic E-state index is 0.0353. The third-order valence-corrected chi connectivity index (χ3v) is 5.80. The monoisotopic (exact) mass is 426 g/mol. The van der Waals surface area contributed by atoms with Crippen molar-refractivity contribution < 1.29 is 14.4 Å². The molecule has 1 unspecified atom stereocenters. The molecule has 0 fully saturated rings. The number of hydrogen-bond acceptors (Lipinski definition) is 8. The van der Waals surface area contributed by atoms with Crippen LogP contribution in [-0.4, -0.2) is 42.4 Å². The van der Waals surface area contributed by atoms with Crippen molar-refractivity contribution in [1.29, 1.82) is 0 Å². The molecule has 0 aromatic carbocycles. The van der Waals surface area contributed by atoms with Crippen molar-refractivity contribution in [2.75, 3.05) is 0 Å². The van der Waals surface area contributed by atoms with Gasteiger partial charge in [-0.15, -0.1) is 11.3 Å². The number of hydrogen-bond donors (Lipinski definition) is 3. The van der Waals surface area contributed by atoms with Gasteiger partial charge in [0.15, 0.2) is 5.69 Å². The molecule has 4 N–H and O–H groups in total. The number of aromatic nitrogens is 4. The average molecular weight is 426 g/mol. The lowest BCUT2D eigenvalue weighted by atomic mass is 10.0. The highest BCUT2D eigenvalue weighted by molar-refractivity contribution is 7.17. The summed E-state index contributed by atoms with van der Waals surface area (Å²) in [6.45, 7) is 0. The molecule has 4 rings (SSSR count). The Bertz CT molecular complexity index is 1200. The van der Waals surface area contributed by atoms with Crippen LogP contribution in [0.3, 0.4) is 0 Å². The zero-order chi connectivity index (χ0) is 20.4. The number of amides is 2. The first-order valence-electron chi connectivity index (χ1n) is 8.46. The molecular weight excluding hydrogens is 412 g/mol. The Hall–Kier alpha value is -3.44. The fourth-order valence-electron chi connectivity index (χ4n) is 2.89. The minimum Gasteiger partial charge on any atom is -0.366 e. The molecule has 4 aromatic rings. The number of rotatable bonds is 7. The van der Waals surface area contributed by atoms with Gasteiger partial charge < -0.3 is 16.0 Å². The van der Waals surface area contributed by atoms with Crippen LogP contribution in [0.15, 0.2) is 42.2 Å². The maximum atomic E-state index is 12.8. The van der Waals surface area contributed by atoms with Crippen LogP contribution in [0.25, 0.3) is 21.5 Å². The number of nitrogens with one attached hydrogen (secondary N) is 2. The van der Waals surface area contributed by atoms with Crippen LogP contribution in [0.1, 0.15) is 16.1 Å². The Kier molecular flexibility index (Phi) is 5.14. The fourth-order valence-corrected chi connectivity index (χ4v) is 4.39. The zero-order valence-corrected chi connectivity index (χ0v) is 16.4. The predicted octanol–water partition coefficient (Wildman–Crippen LogP) is 1.54. The molecule has 4 heterocycles. The molecule has 0 bridgehead atoms. The van der Waals surface area contributed by atoms with Crippen LogP contribution in [-0.2, 0) is 16.0 Å². The molecule has 0 radical (unpaired) electrons. The third kappa shape index (κ3) is 3.77. The third-order valence-electron chi connectivity index (χ3n) is 4.28. The Morgan fingerprint density at radius 3 is 2.83 bits per heavy atom. The summed E-state index contributed by atoms with van der Waals surface area (Å²) >= 11 is 2.36. The van der Waals surface area contributed by atoms with Gasteiger partial charge in [-0.25, -0.2) is 0 Å². The Labute approximate surface area is 172 Å². The molecule has 0 aliphatic heterocycles. The van der Waals surface area contributed by atoms with E-state index in [1.807, 2.05) is 11.6 Å². The number of carbonyl (C=O) groups is 3. The number of fused-ring (bicyclic) bond motifs is 1. The van der Waals surface area contributed by atoms with Crippen LogP contribution < -0.4 is 11.1 Å².